The molecule has 1 fully saturated rings. The number of hydrogen-bond acceptors (Lipinski definition) is 3. The summed E-state index contributed by atoms with van der Waals surface area (Å²) in [4.78, 5) is 15.6. The fourth-order valence-electron chi connectivity index (χ4n) is 4.10. The summed E-state index contributed by atoms with van der Waals surface area (Å²) in [6.07, 6.45) is 4.88. The van der Waals surface area contributed by atoms with E-state index in [0.29, 0.717) is 24.0 Å². The van der Waals surface area contributed by atoms with Crippen LogP contribution in [-0.2, 0) is 0 Å². The van der Waals surface area contributed by atoms with Gasteiger partial charge in [-0.25, -0.2) is 9.07 Å². The Labute approximate surface area is 180 Å². The Kier molecular flexibility index (Phi) is 6.59. The van der Waals surface area contributed by atoms with Gasteiger partial charge in [0.2, 0.25) is 0 Å². The van der Waals surface area contributed by atoms with Crippen LogP contribution >= 0.6 is 11.3 Å². The third-order valence-corrected chi connectivity index (χ3v) is 6.72. The van der Waals surface area contributed by atoms with Gasteiger partial charge in [0.25, 0.3) is 5.91 Å². The fourth-order valence-corrected chi connectivity index (χ4v) is 4.78. The van der Waals surface area contributed by atoms with Gasteiger partial charge in [-0.05, 0) is 68.0 Å². The number of carbonyl (C=O) groups is 1. The number of thiophene rings is 1. The first-order valence-corrected chi connectivity index (χ1v) is 11.5. The van der Waals surface area contributed by atoms with Crippen LogP contribution in [0.2, 0.25) is 0 Å². The number of nitrogens with zero attached hydrogens (tertiary/aromatic N) is 2. The van der Waals surface area contributed by atoms with Crippen molar-refractivity contribution in [3.05, 3.63) is 59.4 Å². The predicted octanol–water partition coefficient (Wildman–Crippen LogP) is 3.32. The Morgan fingerprint density at radius 1 is 1.30 bits per heavy atom. The van der Waals surface area contributed by atoms with Gasteiger partial charge >= 0.3 is 0 Å². The molecular weight excluding hydrogens is 399 g/mol. The summed E-state index contributed by atoms with van der Waals surface area (Å²) in [7, 11) is 0. The molecule has 1 saturated heterocycles. The van der Waals surface area contributed by atoms with E-state index >= 15 is 0 Å². The molecular formula is C23H28FN4OS+. The average Bonchev–Trinajstić information content (AvgIpc) is 3.43. The molecule has 3 heterocycles. The summed E-state index contributed by atoms with van der Waals surface area (Å²) in [6.45, 7) is 5.27. The number of likely N-dealkylation sites (tertiary alicyclic amines) is 1. The molecule has 30 heavy (non-hydrogen) atoms. The SMILES string of the molecule is C[C@@H]1CCCC[NH+]1CCCNC(=O)c1cc(-c2cccs2)nn1-c1ccc(F)cc1. The highest BCUT2D eigenvalue weighted by Crippen LogP contribution is 2.26. The van der Waals surface area contributed by atoms with E-state index in [4.69, 9.17) is 0 Å². The topological polar surface area (TPSA) is 51.4 Å². The minimum Gasteiger partial charge on any atom is -0.350 e. The van der Waals surface area contributed by atoms with Crippen molar-refractivity contribution in [3.63, 3.8) is 0 Å². The highest BCUT2D eigenvalue weighted by Gasteiger charge is 2.22. The molecule has 158 valence electrons. The van der Waals surface area contributed by atoms with Crippen molar-refractivity contribution in [2.45, 2.75) is 38.6 Å². The summed E-state index contributed by atoms with van der Waals surface area (Å²) in [5.41, 5.74) is 1.87. The number of piperidine rings is 1. The molecule has 1 amide bonds. The van der Waals surface area contributed by atoms with Gasteiger partial charge in [0, 0.05) is 13.0 Å². The van der Waals surface area contributed by atoms with Crippen LogP contribution in [-0.4, -0.2) is 41.4 Å². The zero-order valence-electron chi connectivity index (χ0n) is 17.2. The number of quaternary nitrogens is 1. The summed E-state index contributed by atoms with van der Waals surface area (Å²) in [6, 6.07) is 12.5. The fraction of sp³-hybridized carbons (Fsp3) is 0.391. The number of benzene rings is 1. The number of rotatable bonds is 7. The molecule has 2 aromatic heterocycles. The van der Waals surface area contributed by atoms with E-state index in [9.17, 15) is 9.18 Å². The maximum Gasteiger partial charge on any atom is 0.270 e. The number of nitrogens with one attached hydrogen (secondary N) is 2. The molecule has 3 aromatic rings. The van der Waals surface area contributed by atoms with Crippen molar-refractivity contribution < 1.29 is 14.1 Å². The van der Waals surface area contributed by atoms with Gasteiger partial charge in [-0.1, -0.05) is 6.07 Å². The number of hydrogen-bond donors (Lipinski definition) is 2. The number of aromatic nitrogens is 2. The van der Waals surface area contributed by atoms with Crippen molar-refractivity contribution >= 4 is 17.2 Å². The molecule has 7 heteroatoms. The minimum atomic E-state index is -0.315. The first-order valence-electron chi connectivity index (χ1n) is 10.6. The molecule has 1 aliphatic heterocycles. The maximum absolute atomic E-state index is 13.4. The second-order valence-corrected chi connectivity index (χ2v) is 8.89. The van der Waals surface area contributed by atoms with Crippen LogP contribution < -0.4 is 10.2 Å². The Balaban J connectivity index is 1.46. The molecule has 2 N–H and O–H groups in total. The van der Waals surface area contributed by atoms with Crippen molar-refractivity contribution in [2.75, 3.05) is 19.6 Å². The molecule has 0 bridgehead atoms. The lowest BCUT2D eigenvalue weighted by atomic mass is 10.0. The lowest BCUT2D eigenvalue weighted by Gasteiger charge is -2.30. The van der Waals surface area contributed by atoms with Gasteiger partial charge < -0.3 is 10.2 Å². The van der Waals surface area contributed by atoms with Crippen molar-refractivity contribution in [2.24, 2.45) is 0 Å². The lowest BCUT2D eigenvalue weighted by Crippen LogP contribution is -3.16. The lowest BCUT2D eigenvalue weighted by molar-refractivity contribution is -0.928. The second-order valence-electron chi connectivity index (χ2n) is 7.94. The third kappa shape index (κ3) is 4.79. The van der Waals surface area contributed by atoms with Crippen LogP contribution in [0.15, 0.2) is 47.8 Å². The Morgan fingerprint density at radius 2 is 2.13 bits per heavy atom. The van der Waals surface area contributed by atoms with Crippen LogP contribution in [0.25, 0.3) is 16.3 Å². The number of carbonyl (C=O) groups excluding carboxylic acids is 1. The minimum absolute atomic E-state index is 0.156. The first-order chi connectivity index (χ1) is 14.6. The molecule has 4 rings (SSSR count). The summed E-state index contributed by atoms with van der Waals surface area (Å²) < 4.78 is 15.0. The molecule has 0 radical (unpaired) electrons. The van der Waals surface area contributed by atoms with Gasteiger partial charge in [0.05, 0.1) is 29.7 Å². The van der Waals surface area contributed by atoms with Crippen LogP contribution in [0, 0.1) is 5.82 Å². The first kappa shape index (κ1) is 20.8. The van der Waals surface area contributed by atoms with E-state index in [2.05, 4.69) is 17.3 Å². The molecule has 5 nitrogen and oxygen atoms in total. The molecule has 1 aromatic carbocycles. The van der Waals surface area contributed by atoms with E-state index < -0.39 is 0 Å². The number of amides is 1. The zero-order valence-corrected chi connectivity index (χ0v) is 18.1. The van der Waals surface area contributed by atoms with Crippen LogP contribution in [0.4, 0.5) is 4.39 Å². The largest absolute Gasteiger partial charge is 0.350 e. The monoisotopic (exact) mass is 427 g/mol. The van der Waals surface area contributed by atoms with Gasteiger partial charge in [-0.2, -0.15) is 5.10 Å². The van der Waals surface area contributed by atoms with Gasteiger partial charge in [-0.3, -0.25) is 4.79 Å². The predicted molar refractivity (Wildman–Crippen MR) is 118 cm³/mol. The number of halogens is 1. The van der Waals surface area contributed by atoms with E-state index in [0.717, 1.165) is 23.5 Å². The molecule has 0 spiro atoms. The highest BCUT2D eigenvalue weighted by molar-refractivity contribution is 7.13. The highest BCUT2D eigenvalue weighted by atomic mass is 32.1. The molecule has 0 aliphatic carbocycles. The van der Waals surface area contributed by atoms with Crippen molar-refractivity contribution in [1.82, 2.24) is 15.1 Å². The second kappa shape index (κ2) is 9.53. The van der Waals surface area contributed by atoms with Crippen LogP contribution in [0.3, 0.4) is 0 Å². The van der Waals surface area contributed by atoms with E-state index in [1.54, 1.807) is 33.1 Å². The van der Waals surface area contributed by atoms with Gasteiger partial charge in [0.15, 0.2) is 0 Å². The van der Waals surface area contributed by atoms with E-state index in [1.807, 2.05) is 23.6 Å². The quantitative estimate of drug-likeness (QED) is 0.569. The molecule has 1 unspecified atom stereocenters. The average molecular weight is 428 g/mol. The summed E-state index contributed by atoms with van der Waals surface area (Å²) >= 11 is 1.57. The van der Waals surface area contributed by atoms with Crippen molar-refractivity contribution in [1.29, 1.82) is 0 Å². The molecule has 2 atom stereocenters. The third-order valence-electron chi connectivity index (χ3n) is 5.83. The Morgan fingerprint density at radius 3 is 2.87 bits per heavy atom. The smallest absolute Gasteiger partial charge is 0.270 e. The molecule has 1 aliphatic rings. The summed E-state index contributed by atoms with van der Waals surface area (Å²) in [5.74, 6) is -0.471. The van der Waals surface area contributed by atoms with E-state index in [-0.39, 0.29) is 11.7 Å². The molecule has 0 saturated carbocycles. The zero-order chi connectivity index (χ0) is 20.9. The van der Waals surface area contributed by atoms with E-state index in [1.165, 1.54) is 37.9 Å². The standard InChI is InChI=1S/C23H27FN4OS/c1-17-6-2-3-13-27(17)14-5-12-25-23(29)21-16-20(22-7-4-15-30-22)26-28(21)19-10-8-18(24)9-11-19/h4,7-11,15-17H,2-3,5-6,12-14H2,1H3,(H,25,29)/p+1/t17-/m1/s1. The van der Waals surface area contributed by atoms with Crippen LogP contribution in [0.1, 0.15) is 43.1 Å². The Hall–Kier alpha value is -2.51. The van der Waals surface area contributed by atoms with Gasteiger partial charge in [-0.15, -0.1) is 11.3 Å². The van der Waals surface area contributed by atoms with Crippen LogP contribution in [0.5, 0.6) is 0 Å². The Bertz CT molecular complexity index is 968. The normalized spacial score (nSPS) is 19.0. The van der Waals surface area contributed by atoms with Gasteiger partial charge in [0.1, 0.15) is 17.2 Å². The summed E-state index contributed by atoms with van der Waals surface area (Å²) in [5, 5.41) is 9.66. The van der Waals surface area contributed by atoms with Crippen molar-refractivity contribution in [3.8, 4) is 16.3 Å². The maximum atomic E-state index is 13.4.